The normalized spacial score (nSPS) is 20.9. The van der Waals surface area contributed by atoms with Gasteiger partial charge in [-0.15, -0.1) is 0 Å². The molecule has 1 aliphatic carbocycles. The van der Waals surface area contributed by atoms with Crippen molar-refractivity contribution in [3.63, 3.8) is 0 Å². The highest BCUT2D eigenvalue weighted by molar-refractivity contribution is 5.81. The number of likely N-dealkylation sites (tertiary alicyclic amines) is 1. The van der Waals surface area contributed by atoms with Gasteiger partial charge in [0, 0.05) is 38.1 Å². The van der Waals surface area contributed by atoms with Gasteiger partial charge in [-0.3, -0.25) is 9.79 Å². The summed E-state index contributed by atoms with van der Waals surface area (Å²) in [6.07, 6.45) is 6.14. The van der Waals surface area contributed by atoms with E-state index in [1.54, 1.807) is 12.1 Å². The number of aliphatic imine (C=N–C) groups is 1. The molecule has 1 aromatic carbocycles. The van der Waals surface area contributed by atoms with Crippen LogP contribution in [0.5, 0.6) is 0 Å². The first kappa shape index (κ1) is 19.6. The third-order valence-corrected chi connectivity index (χ3v) is 5.45. The zero-order valence-electron chi connectivity index (χ0n) is 16.2. The van der Waals surface area contributed by atoms with Crippen LogP contribution in [0.25, 0.3) is 0 Å². The summed E-state index contributed by atoms with van der Waals surface area (Å²) in [4.78, 5) is 19.2. The highest BCUT2D eigenvalue weighted by atomic mass is 19.1. The lowest BCUT2D eigenvalue weighted by atomic mass is 10.1. The van der Waals surface area contributed by atoms with E-state index in [0.29, 0.717) is 18.9 Å². The minimum Gasteiger partial charge on any atom is -0.357 e. The van der Waals surface area contributed by atoms with E-state index in [1.807, 2.05) is 17.9 Å². The molecule has 1 atom stereocenters. The third-order valence-electron chi connectivity index (χ3n) is 5.45. The Hall–Kier alpha value is -2.11. The summed E-state index contributed by atoms with van der Waals surface area (Å²) in [7, 11) is 0. The van der Waals surface area contributed by atoms with E-state index in [1.165, 1.54) is 18.9 Å². The van der Waals surface area contributed by atoms with Crippen LogP contribution in [-0.2, 0) is 11.2 Å². The van der Waals surface area contributed by atoms with Crippen molar-refractivity contribution >= 4 is 11.9 Å². The first-order chi connectivity index (χ1) is 13.2. The molecular formula is C21H31FN4O. The number of benzene rings is 1. The smallest absolute Gasteiger partial charge is 0.225 e. The van der Waals surface area contributed by atoms with E-state index < -0.39 is 0 Å². The predicted octanol–water partition coefficient (Wildman–Crippen LogP) is 2.71. The van der Waals surface area contributed by atoms with Crippen molar-refractivity contribution in [1.82, 2.24) is 15.5 Å². The topological polar surface area (TPSA) is 56.7 Å². The molecule has 6 heteroatoms. The summed E-state index contributed by atoms with van der Waals surface area (Å²) < 4.78 is 13.3. The maximum absolute atomic E-state index is 13.3. The molecule has 1 aromatic rings. The molecule has 0 bridgehead atoms. The highest BCUT2D eigenvalue weighted by Gasteiger charge is 2.32. The van der Waals surface area contributed by atoms with Crippen molar-refractivity contribution in [2.24, 2.45) is 10.9 Å². The zero-order valence-corrected chi connectivity index (χ0v) is 16.2. The van der Waals surface area contributed by atoms with Gasteiger partial charge >= 0.3 is 0 Å². The van der Waals surface area contributed by atoms with Crippen LogP contribution in [0, 0.1) is 11.7 Å². The number of nitrogens with one attached hydrogen (secondary N) is 2. The van der Waals surface area contributed by atoms with Gasteiger partial charge in [0.25, 0.3) is 0 Å². The lowest BCUT2D eigenvalue weighted by molar-refractivity contribution is -0.134. The molecule has 5 nitrogen and oxygen atoms in total. The van der Waals surface area contributed by atoms with Gasteiger partial charge in [0.1, 0.15) is 5.82 Å². The zero-order chi connectivity index (χ0) is 19.1. The SMILES string of the molecule is CCNC(=NCCc1cccc(F)c1)NC1CCN(C(=O)C2CCCC2)C1. The van der Waals surface area contributed by atoms with Crippen LogP contribution in [0.4, 0.5) is 4.39 Å². The molecule has 0 aromatic heterocycles. The average molecular weight is 375 g/mol. The Morgan fingerprint density at radius 2 is 2.11 bits per heavy atom. The van der Waals surface area contributed by atoms with E-state index >= 15 is 0 Å². The van der Waals surface area contributed by atoms with E-state index in [9.17, 15) is 9.18 Å². The monoisotopic (exact) mass is 374 g/mol. The van der Waals surface area contributed by atoms with Crippen LogP contribution in [-0.4, -0.2) is 49.0 Å². The second-order valence-corrected chi connectivity index (χ2v) is 7.54. The molecule has 1 aliphatic heterocycles. The number of carbonyl (C=O) groups excluding carboxylic acids is 1. The fraction of sp³-hybridized carbons (Fsp3) is 0.619. The molecule has 2 N–H and O–H groups in total. The first-order valence-corrected chi connectivity index (χ1v) is 10.2. The van der Waals surface area contributed by atoms with E-state index in [0.717, 1.165) is 50.4 Å². The van der Waals surface area contributed by atoms with Crippen molar-refractivity contribution in [2.75, 3.05) is 26.2 Å². The number of hydrogen-bond donors (Lipinski definition) is 2. The van der Waals surface area contributed by atoms with Gasteiger partial charge in [-0.1, -0.05) is 25.0 Å². The van der Waals surface area contributed by atoms with E-state index in [2.05, 4.69) is 15.6 Å². The fourth-order valence-electron chi connectivity index (χ4n) is 4.01. The number of hydrogen-bond acceptors (Lipinski definition) is 2. The lowest BCUT2D eigenvalue weighted by Crippen LogP contribution is -2.45. The molecule has 2 aliphatic rings. The van der Waals surface area contributed by atoms with Crippen molar-refractivity contribution < 1.29 is 9.18 Å². The number of amides is 1. The molecular weight excluding hydrogens is 343 g/mol. The Morgan fingerprint density at radius 1 is 1.30 bits per heavy atom. The van der Waals surface area contributed by atoms with Crippen molar-refractivity contribution in [3.8, 4) is 0 Å². The molecule has 3 rings (SSSR count). The van der Waals surface area contributed by atoms with Crippen LogP contribution in [0.15, 0.2) is 29.3 Å². The quantitative estimate of drug-likeness (QED) is 0.595. The standard InChI is InChI=1S/C21H31FN4O/c1-2-23-21(24-12-10-16-6-5-9-18(22)14-16)25-19-11-13-26(15-19)20(27)17-7-3-4-8-17/h5-6,9,14,17,19H,2-4,7-8,10-13,15H2,1H3,(H2,23,24,25). The second-order valence-electron chi connectivity index (χ2n) is 7.54. The number of nitrogens with zero attached hydrogens (tertiary/aromatic N) is 2. The molecule has 1 unspecified atom stereocenters. The molecule has 0 spiro atoms. The van der Waals surface area contributed by atoms with Gasteiger partial charge in [0.15, 0.2) is 5.96 Å². The van der Waals surface area contributed by atoms with E-state index in [4.69, 9.17) is 0 Å². The molecule has 1 saturated heterocycles. The summed E-state index contributed by atoms with van der Waals surface area (Å²) in [6, 6.07) is 6.90. The molecule has 0 radical (unpaired) electrons. The minimum absolute atomic E-state index is 0.209. The van der Waals surface area contributed by atoms with Crippen LogP contribution >= 0.6 is 0 Å². The van der Waals surface area contributed by atoms with Gasteiger partial charge < -0.3 is 15.5 Å². The third kappa shape index (κ3) is 5.68. The molecule has 27 heavy (non-hydrogen) atoms. The summed E-state index contributed by atoms with van der Waals surface area (Å²) in [5, 5.41) is 6.73. The maximum Gasteiger partial charge on any atom is 0.225 e. The first-order valence-electron chi connectivity index (χ1n) is 10.2. The Balaban J connectivity index is 1.49. The van der Waals surface area contributed by atoms with Gasteiger partial charge in [0.05, 0.1) is 0 Å². The number of halogens is 1. The summed E-state index contributed by atoms with van der Waals surface area (Å²) in [5.41, 5.74) is 0.948. The fourth-order valence-corrected chi connectivity index (χ4v) is 4.01. The second kappa shape index (κ2) is 9.72. The Labute approximate surface area is 161 Å². The van der Waals surface area contributed by atoms with E-state index in [-0.39, 0.29) is 17.8 Å². The largest absolute Gasteiger partial charge is 0.357 e. The lowest BCUT2D eigenvalue weighted by Gasteiger charge is -2.21. The average Bonchev–Trinajstić information content (AvgIpc) is 3.33. The van der Waals surface area contributed by atoms with Crippen molar-refractivity contribution in [3.05, 3.63) is 35.6 Å². The maximum atomic E-state index is 13.3. The Morgan fingerprint density at radius 3 is 2.85 bits per heavy atom. The summed E-state index contributed by atoms with van der Waals surface area (Å²) >= 11 is 0. The molecule has 1 saturated carbocycles. The van der Waals surface area contributed by atoms with Gasteiger partial charge in [-0.2, -0.15) is 0 Å². The van der Waals surface area contributed by atoms with Gasteiger partial charge in [-0.25, -0.2) is 4.39 Å². The molecule has 2 fully saturated rings. The minimum atomic E-state index is -0.209. The predicted molar refractivity (Wildman–Crippen MR) is 106 cm³/mol. The van der Waals surface area contributed by atoms with Crippen molar-refractivity contribution in [1.29, 1.82) is 0 Å². The number of carbonyl (C=O) groups is 1. The van der Waals surface area contributed by atoms with Crippen LogP contribution < -0.4 is 10.6 Å². The summed E-state index contributed by atoms with van der Waals surface area (Å²) in [5.74, 6) is 1.15. The Bertz CT molecular complexity index is 657. The van der Waals surface area contributed by atoms with Gasteiger partial charge in [0.2, 0.25) is 5.91 Å². The number of guanidine groups is 1. The number of rotatable bonds is 6. The van der Waals surface area contributed by atoms with Crippen LogP contribution in [0.2, 0.25) is 0 Å². The van der Waals surface area contributed by atoms with Crippen LogP contribution in [0.3, 0.4) is 0 Å². The molecule has 148 valence electrons. The van der Waals surface area contributed by atoms with Gasteiger partial charge in [-0.05, 0) is 50.3 Å². The van der Waals surface area contributed by atoms with Crippen molar-refractivity contribution in [2.45, 2.75) is 51.5 Å². The molecule has 1 amide bonds. The summed E-state index contributed by atoms with van der Waals surface area (Å²) in [6.45, 7) is 4.99. The molecule has 1 heterocycles. The highest BCUT2D eigenvalue weighted by Crippen LogP contribution is 2.27. The Kier molecular flexibility index (Phi) is 7.07. The van der Waals surface area contributed by atoms with Crippen LogP contribution in [0.1, 0.15) is 44.6 Å².